The van der Waals surface area contributed by atoms with Crippen molar-refractivity contribution < 1.29 is 9.32 Å². The molecule has 152 valence electrons. The summed E-state index contributed by atoms with van der Waals surface area (Å²) in [6.07, 6.45) is 1.48. The van der Waals surface area contributed by atoms with E-state index in [-0.39, 0.29) is 35.5 Å². The van der Waals surface area contributed by atoms with Crippen molar-refractivity contribution in [3.05, 3.63) is 75.3 Å². The smallest absolute Gasteiger partial charge is 0.266 e. The molecular formula is C22H19ClN4O3. The maximum Gasteiger partial charge on any atom is 0.266 e. The van der Waals surface area contributed by atoms with E-state index >= 15 is 0 Å². The summed E-state index contributed by atoms with van der Waals surface area (Å²) in [5, 5.41) is 7.57. The second-order valence-corrected chi connectivity index (χ2v) is 7.39. The molecule has 0 bridgehead atoms. The minimum atomic E-state index is -0.337. The molecule has 30 heavy (non-hydrogen) atoms. The molecule has 8 heteroatoms. The average Bonchev–Trinajstić information content (AvgIpc) is 3.16. The maximum atomic E-state index is 13.0. The van der Waals surface area contributed by atoms with Crippen LogP contribution in [0.2, 0.25) is 5.02 Å². The molecule has 0 spiro atoms. The fourth-order valence-electron chi connectivity index (χ4n) is 3.20. The number of nitrogens with one attached hydrogen (secondary N) is 1. The number of rotatable bonds is 5. The Balaban J connectivity index is 1.58. The maximum absolute atomic E-state index is 13.0. The van der Waals surface area contributed by atoms with Crippen molar-refractivity contribution in [3.63, 3.8) is 0 Å². The molecule has 0 saturated heterocycles. The van der Waals surface area contributed by atoms with Gasteiger partial charge >= 0.3 is 0 Å². The van der Waals surface area contributed by atoms with Crippen LogP contribution in [0.25, 0.3) is 22.4 Å². The second kappa shape index (κ2) is 8.12. The molecule has 0 radical (unpaired) electrons. The van der Waals surface area contributed by atoms with Gasteiger partial charge in [-0.3, -0.25) is 14.2 Å². The van der Waals surface area contributed by atoms with Gasteiger partial charge in [0.25, 0.3) is 11.3 Å². The minimum Gasteiger partial charge on any atom is -0.335 e. The first-order valence-corrected chi connectivity index (χ1v) is 9.79. The van der Waals surface area contributed by atoms with E-state index in [9.17, 15) is 9.59 Å². The first kappa shape index (κ1) is 19.8. The Kier molecular flexibility index (Phi) is 5.37. The van der Waals surface area contributed by atoms with Crippen molar-refractivity contribution in [1.29, 1.82) is 0 Å². The van der Waals surface area contributed by atoms with Crippen molar-refractivity contribution in [2.24, 2.45) is 0 Å². The number of halogens is 1. The first-order valence-electron chi connectivity index (χ1n) is 9.41. The molecule has 0 atom stereocenters. The topological polar surface area (TPSA) is 90.0 Å². The first-order chi connectivity index (χ1) is 14.5. The number of hydrogen-bond acceptors (Lipinski definition) is 5. The van der Waals surface area contributed by atoms with E-state index in [1.807, 2.05) is 32.0 Å². The third-order valence-corrected chi connectivity index (χ3v) is 5.38. The Morgan fingerprint density at radius 3 is 2.77 bits per heavy atom. The molecule has 0 aliphatic heterocycles. The molecule has 2 aromatic heterocycles. The number of hydrogen-bond donors (Lipinski definition) is 1. The van der Waals surface area contributed by atoms with E-state index < -0.39 is 0 Å². The van der Waals surface area contributed by atoms with Gasteiger partial charge in [-0.15, -0.1) is 0 Å². The summed E-state index contributed by atoms with van der Waals surface area (Å²) in [6, 6.07) is 12.8. The SMILES string of the molecule is Cc1cccc(NC(=O)CCn2cnc3onc(-c4ccccc4Cl)c3c2=O)c1C. The summed E-state index contributed by atoms with van der Waals surface area (Å²) in [6.45, 7) is 4.11. The van der Waals surface area contributed by atoms with Gasteiger partial charge in [0.05, 0.1) is 5.02 Å². The van der Waals surface area contributed by atoms with Crippen molar-refractivity contribution in [2.75, 3.05) is 5.32 Å². The van der Waals surface area contributed by atoms with Crippen LogP contribution in [-0.2, 0) is 11.3 Å². The molecule has 0 saturated carbocycles. The molecule has 2 heterocycles. The summed E-state index contributed by atoms with van der Waals surface area (Å²) in [4.78, 5) is 29.6. The largest absolute Gasteiger partial charge is 0.335 e. The number of aromatic nitrogens is 3. The second-order valence-electron chi connectivity index (χ2n) is 6.98. The molecule has 4 aromatic rings. The van der Waals surface area contributed by atoms with Gasteiger partial charge in [0, 0.05) is 24.2 Å². The van der Waals surface area contributed by atoms with E-state index in [2.05, 4.69) is 15.5 Å². The summed E-state index contributed by atoms with van der Waals surface area (Å²) < 4.78 is 6.59. The van der Waals surface area contributed by atoms with Gasteiger partial charge in [0.15, 0.2) is 0 Å². The van der Waals surface area contributed by atoms with Crippen LogP contribution in [0.5, 0.6) is 0 Å². The molecule has 1 N–H and O–H groups in total. The van der Waals surface area contributed by atoms with E-state index in [1.165, 1.54) is 10.9 Å². The highest BCUT2D eigenvalue weighted by Gasteiger charge is 2.19. The Morgan fingerprint density at radius 2 is 1.97 bits per heavy atom. The van der Waals surface area contributed by atoms with Crippen LogP contribution in [0.3, 0.4) is 0 Å². The number of benzene rings is 2. The lowest BCUT2D eigenvalue weighted by molar-refractivity contribution is -0.116. The van der Waals surface area contributed by atoms with Crippen molar-refractivity contribution in [2.45, 2.75) is 26.8 Å². The number of fused-ring (bicyclic) bond motifs is 1. The predicted octanol–water partition coefficient (Wildman–Crippen LogP) is 4.35. The highest BCUT2D eigenvalue weighted by Crippen LogP contribution is 2.30. The van der Waals surface area contributed by atoms with Crippen LogP contribution in [-0.4, -0.2) is 20.6 Å². The quantitative estimate of drug-likeness (QED) is 0.516. The van der Waals surface area contributed by atoms with Crippen molar-refractivity contribution >= 4 is 34.3 Å². The Morgan fingerprint density at radius 1 is 1.17 bits per heavy atom. The minimum absolute atomic E-state index is 0.118. The lowest BCUT2D eigenvalue weighted by Gasteiger charge is -2.11. The fraction of sp³-hybridized carbons (Fsp3) is 0.182. The number of carbonyl (C=O) groups is 1. The van der Waals surface area contributed by atoms with Gasteiger partial charge in [0.1, 0.15) is 17.4 Å². The molecule has 7 nitrogen and oxygen atoms in total. The zero-order valence-corrected chi connectivity index (χ0v) is 17.2. The molecule has 0 fully saturated rings. The van der Waals surface area contributed by atoms with Crippen LogP contribution < -0.4 is 10.9 Å². The fourth-order valence-corrected chi connectivity index (χ4v) is 3.42. The summed E-state index contributed by atoms with van der Waals surface area (Å²) in [7, 11) is 0. The van der Waals surface area contributed by atoms with Gasteiger partial charge in [-0.05, 0) is 37.1 Å². The lowest BCUT2D eigenvalue weighted by atomic mass is 10.1. The highest BCUT2D eigenvalue weighted by atomic mass is 35.5. The van der Waals surface area contributed by atoms with E-state index in [0.29, 0.717) is 16.3 Å². The van der Waals surface area contributed by atoms with E-state index in [4.69, 9.17) is 16.1 Å². The zero-order chi connectivity index (χ0) is 21.3. The van der Waals surface area contributed by atoms with Crippen LogP contribution in [0, 0.1) is 13.8 Å². The van der Waals surface area contributed by atoms with Gasteiger partial charge in [-0.25, -0.2) is 4.98 Å². The number of nitrogens with zero attached hydrogens (tertiary/aromatic N) is 3. The lowest BCUT2D eigenvalue weighted by Crippen LogP contribution is -2.23. The number of aryl methyl sites for hydroxylation is 2. The zero-order valence-electron chi connectivity index (χ0n) is 16.5. The van der Waals surface area contributed by atoms with Gasteiger partial charge in [-0.1, -0.05) is 47.1 Å². The third kappa shape index (κ3) is 3.71. The number of anilines is 1. The highest BCUT2D eigenvalue weighted by molar-refractivity contribution is 6.33. The van der Waals surface area contributed by atoms with Crippen LogP contribution in [0.4, 0.5) is 5.69 Å². The summed E-state index contributed by atoms with van der Waals surface area (Å²) >= 11 is 6.25. The van der Waals surface area contributed by atoms with Gasteiger partial charge in [0.2, 0.25) is 5.91 Å². The average molecular weight is 423 g/mol. The molecule has 1 amide bonds. The van der Waals surface area contributed by atoms with Crippen LogP contribution in [0.15, 0.2) is 58.1 Å². The van der Waals surface area contributed by atoms with Gasteiger partial charge < -0.3 is 9.84 Å². The van der Waals surface area contributed by atoms with E-state index in [1.54, 1.807) is 24.3 Å². The molecule has 2 aromatic carbocycles. The molecule has 0 aliphatic rings. The normalized spacial score (nSPS) is 11.0. The van der Waals surface area contributed by atoms with Crippen LogP contribution >= 0.6 is 11.6 Å². The summed E-state index contributed by atoms with van der Waals surface area (Å²) in [5.74, 6) is -0.188. The Labute approximate surface area is 177 Å². The molecule has 4 rings (SSSR count). The van der Waals surface area contributed by atoms with Crippen molar-refractivity contribution in [1.82, 2.24) is 14.7 Å². The standard InChI is InChI=1S/C22H19ClN4O3/c1-13-6-5-9-17(14(13)2)25-18(28)10-11-27-12-24-21-19(22(27)29)20(26-30-21)15-7-3-4-8-16(15)23/h3-9,12H,10-11H2,1-2H3,(H,25,28). The molecular weight excluding hydrogens is 404 g/mol. The monoisotopic (exact) mass is 422 g/mol. The molecule has 0 unspecified atom stereocenters. The third-order valence-electron chi connectivity index (χ3n) is 5.05. The number of amides is 1. The van der Waals surface area contributed by atoms with E-state index in [0.717, 1.165) is 16.8 Å². The van der Waals surface area contributed by atoms with Gasteiger partial charge in [-0.2, -0.15) is 0 Å². The number of carbonyl (C=O) groups excluding carboxylic acids is 1. The molecule has 0 aliphatic carbocycles. The summed E-state index contributed by atoms with van der Waals surface area (Å²) in [5.41, 5.74) is 3.59. The Bertz CT molecular complexity index is 1310. The van der Waals surface area contributed by atoms with Crippen LogP contribution in [0.1, 0.15) is 17.5 Å². The predicted molar refractivity (Wildman–Crippen MR) is 116 cm³/mol. The van der Waals surface area contributed by atoms with Crippen molar-refractivity contribution in [3.8, 4) is 11.3 Å². The Hall–Kier alpha value is -3.45.